The SMILES string of the molecule is CN1CCC(Sc2ccc(N)cc2Br)C1=O. The zero-order valence-electron chi connectivity index (χ0n) is 8.94. The lowest BCUT2D eigenvalue weighted by Gasteiger charge is -2.11. The summed E-state index contributed by atoms with van der Waals surface area (Å²) in [5, 5.41) is 0.0462. The molecule has 0 spiro atoms. The molecular formula is C11H13BrN2OS. The minimum Gasteiger partial charge on any atom is -0.399 e. The second kappa shape index (κ2) is 4.67. The highest BCUT2D eigenvalue weighted by Crippen LogP contribution is 2.35. The van der Waals surface area contributed by atoms with Gasteiger partial charge in [-0.3, -0.25) is 4.79 Å². The second-order valence-electron chi connectivity index (χ2n) is 3.84. The van der Waals surface area contributed by atoms with Crippen molar-refractivity contribution in [1.29, 1.82) is 0 Å². The van der Waals surface area contributed by atoms with Gasteiger partial charge in [0.1, 0.15) is 0 Å². The molecule has 1 unspecified atom stereocenters. The first-order valence-corrected chi connectivity index (χ1v) is 6.72. The first-order chi connectivity index (χ1) is 7.58. The molecule has 86 valence electrons. The molecule has 1 amide bonds. The Morgan fingerprint density at radius 1 is 1.56 bits per heavy atom. The maximum absolute atomic E-state index is 11.8. The molecule has 1 saturated heterocycles. The van der Waals surface area contributed by atoms with Crippen molar-refractivity contribution in [3.8, 4) is 0 Å². The summed E-state index contributed by atoms with van der Waals surface area (Å²) in [5.74, 6) is 0.216. The van der Waals surface area contributed by atoms with Crippen LogP contribution in [0.25, 0.3) is 0 Å². The number of nitrogen functional groups attached to an aromatic ring is 1. The molecule has 0 aromatic heterocycles. The van der Waals surface area contributed by atoms with Crippen molar-refractivity contribution in [2.45, 2.75) is 16.6 Å². The van der Waals surface area contributed by atoms with Crippen LogP contribution in [0.4, 0.5) is 5.69 Å². The second-order valence-corrected chi connectivity index (χ2v) is 5.94. The summed E-state index contributed by atoms with van der Waals surface area (Å²) in [6.07, 6.45) is 0.914. The number of rotatable bonds is 2. The Kier molecular flexibility index (Phi) is 3.44. The predicted molar refractivity (Wildman–Crippen MR) is 70.5 cm³/mol. The zero-order valence-corrected chi connectivity index (χ0v) is 11.3. The molecular weight excluding hydrogens is 288 g/mol. The third-order valence-corrected chi connectivity index (χ3v) is 4.85. The highest BCUT2D eigenvalue weighted by Gasteiger charge is 2.30. The molecule has 5 heteroatoms. The Morgan fingerprint density at radius 2 is 2.31 bits per heavy atom. The van der Waals surface area contributed by atoms with E-state index in [1.165, 1.54) is 0 Å². The molecule has 0 radical (unpaired) electrons. The van der Waals surface area contributed by atoms with E-state index >= 15 is 0 Å². The molecule has 1 aromatic carbocycles. The minimum absolute atomic E-state index is 0.0462. The Bertz CT molecular complexity index is 424. The Labute approximate surface area is 108 Å². The van der Waals surface area contributed by atoms with E-state index in [2.05, 4.69) is 15.9 Å². The van der Waals surface area contributed by atoms with Crippen molar-refractivity contribution in [3.63, 3.8) is 0 Å². The van der Waals surface area contributed by atoms with Crippen molar-refractivity contribution >= 4 is 39.3 Å². The molecule has 1 aromatic rings. The van der Waals surface area contributed by atoms with E-state index < -0.39 is 0 Å². The lowest BCUT2D eigenvalue weighted by atomic mass is 10.3. The summed E-state index contributed by atoms with van der Waals surface area (Å²) in [4.78, 5) is 14.6. The highest BCUT2D eigenvalue weighted by molar-refractivity contribution is 9.10. The topological polar surface area (TPSA) is 46.3 Å². The van der Waals surface area contributed by atoms with E-state index in [0.717, 1.165) is 28.0 Å². The molecule has 16 heavy (non-hydrogen) atoms. The van der Waals surface area contributed by atoms with E-state index in [1.807, 2.05) is 25.2 Å². The molecule has 1 atom stereocenters. The third kappa shape index (κ3) is 2.35. The number of carbonyl (C=O) groups is 1. The number of hydrogen-bond acceptors (Lipinski definition) is 3. The summed E-state index contributed by atoms with van der Waals surface area (Å²) in [5.41, 5.74) is 6.40. The number of halogens is 1. The van der Waals surface area contributed by atoms with E-state index in [0.29, 0.717) is 0 Å². The molecule has 1 aliphatic heterocycles. The number of nitrogens with zero attached hydrogens (tertiary/aromatic N) is 1. The lowest BCUT2D eigenvalue weighted by molar-refractivity contribution is -0.126. The van der Waals surface area contributed by atoms with Crippen molar-refractivity contribution in [2.75, 3.05) is 19.3 Å². The Hall–Kier alpha value is -0.680. The van der Waals surface area contributed by atoms with Crippen molar-refractivity contribution < 1.29 is 4.79 Å². The molecule has 1 fully saturated rings. The maximum Gasteiger partial charge on any atom is 0.235 e. The number of carbonyl (C=O) groups excluding carboxylic acids is 1. The van der Waals surface area contributed by atoms with Crippen LogP contribution in [0.15, 0.2) is 27.6 Å². The summed E-state index contributed by atoms with van der Waals surface area (Å²) in [6, 6.07) is 5.68. The number of benzene rings is 1. The number of hydrogen-bond donors (Lipinski definition) is 1. The summed E-state index contributed by atoms with van der Waals surface area (Å²) < 4.78 is 0.958. The van der Waals surface area contributed by atoms with Crippen LogP contribution in [0.1, 0.15) is 6.42 Å². The molecule has 2 N–H and O–H groups in total. The zero-order chi connectivity index (χ0) is 11.7. The fourth-order valence-corrected chi connectivity index (χ4v) is 3.47. The van der Waals surface area contributed by atoms with Crippen molar-refractivity contribution in [1.82, 2.24) is 4.90 Å². The average molecular weight is 301 g/mol. The lowest BCUT2D eigenvalue weighted by Crippen LogP contribution is -2.23. The quantitative estimate of drug-likeness (QED) is 0.853. The largest absolute Gasteiger partial charge is 0.399 e. The molecule has 3 nitrogen and oxygen atoms in total. The first-order valence-electron chi connectivity index (χ1n) is 5.04. The van der Waals surface area contributed by atoms with E-state index in [4.69, 9.17) is 5.73 Å². The molecule has 1 aliphatic rings. The van der Waals surface area contributed by atoms with Crippen LogP contribution in [-0.4, -0.2) is 29.6 Å². The van der Waals surface area contributed by atoms with Gasteiger partial charge in [-0.1, -0.05) is 0 Å². The van der Waals surface area contributed by atoms with Crippen LogP contribution in [0.3, 0.4) is 0 Å². The number of amides is 1. The third-order valence-electron chi connectivity index (χ3n) is 2.60. The fourth-order valence-electron chi connectivity index (χ4n) is 1.67. The monoisotopic (exact) mass is 300 g/mol. The van der Waals surface area contributed by atoms with Crippen LogP contribution in [-0.2, 0) is 4.79 Å². The summed E-state index contributed by atoms with van der Waals surface area (Å²) in [6.45, 7) is 0.850. The van der Waals surface area contributed by atoms with Gasteiger partial charge in [-0.15, -0.1) is 11.8 Å². The van der Waals surface area contributed by atoms with Crippen LogP contribution in [0.5, 0.6) is 0 Å². The first kappa shape index (κ1) is 11.8. The van der Waals surface area contributed by atoms with Crippen molar-refractivity contribution in [3.05, 3.63) is 22.7 Å². The standard InChI is InChI=1S/C11H13BrN2OS/c1-14-5-4-10(11(14)15)16-9-3-2-7(13)6-8(9)12/h2-3,6,10H,4-5,13H2,1H3. The molecule has 0 aliphatic carbocycles. The van der Waals surface area contributed by atoms with Crippen LogP contribution >= 0.6 is 27.7 Å². The van der Waals surface area contributed by atoms with Gasteiger partial charge in [-0.05, 0) is 40.5 Å². The van der Waals surface area contributed by atoms with Gasteiger partial charge < -0.3 is 10.6 Å². The van der Waals surface area contributed by atoms with Crippen LogP contribution in [0, 0.1) is 0 Å². The molecule has 0 bridgehead atoms. The van der Waals surface area contributed by atoms with Crippen molar-refractivity contribution in [2.24, 2.45) is 0 Å². The van der Waals surface area contributed by atoms with Gasteiger partial charge in [-0.2, -0.15) is 0 Å². The van der Waals surface area contributed by atoms with Gasteiger partial charge in [0.05, 0.1) is 5.25 Å². The average Bonchev–Trinajstić information content (AvgIpc) is 2.54. The van der Waals surface area contributed by atoms with Crippen LogP contribution < -0.4 is 5.73 Å². The number of thioether (sulfide) groups is 1. The van der Waals surface area contributed by atoms with Gasteiger partial charge in [-0.25, -0.2) is 0 Å². The number of nitrogens with two attached hydrogens (primary N) is 1. The molecule has 0 saturated carbocycles. The Balaban J connectivity index is 2.12. The normalized spacial score (nSPS) is 20.5. The van der Waals surface area contributed by atoms with Crippen LogP contribution in [0.2, 0.25) is 0 Å². The predicted octanol–water partition coefficient (Wildman–Crippen LogP) is 2.35. The smallest absolute Gasteiger partial charge is 0.235 e. The van der Waals surface area contributed by atoms with E-state index in [-0.39, 0.29) is 11.2 Å². The minimum atomic E-state index is 0.0462. The van der Waals surface area contributed by atoms with Gasteiger partial charge in [0.25, 0.3) is 0 Å². The highest BCUT2D eigenvalue weighted by atomic mass is 79.9. The maximum atomic E-state index is 11.8. The van der Waals surface area contributed by atoms with Gasteiger partial charge >= 0.3 is 0 Å². The van der Waals surface area contributed by atoms with E-state index in [1.54, 1.807) is 16.7 Å². The Morgan fingerprint density at radius 3 is 2.88 bits per heavy atom. The van der Waals surface area contributed by atoms with Gasteiger partial charge in [0.2, 0.25) is 5.91 Å². The number of likely N-dealkylation sites (tertiary alicyclic amines) is 1. The molecule has 2 rings (SSSR count). The number of anilines is 1. The van der Waals surface area contributed by atoms with E-state index in [9.17, 15) is 4.79 Å². The molecule has 1 heterocycles. The fraction of sp³-hybridized carbons (Fsp3) is 0.364. The van der Waals surface area contributed by atoms with Gasteiger partial charge in [0.15, 0.2) is 0 Å². The summed E-state index contributed by atoms with van der Waals surface area (Å²) >= 11 is 5.07. The van der Waals surface area contributed by atoms with Gasteiger partial charge in [0, 0.05) is 28.6 Å². The summed E-state index contributed by atoms with van der Waals surface area (Å²) in [7, 11) is 1.85.